The molecule has 1 atom stereocenters. The van der Waals surface area contributed by atoms with E-state index >= 15 is 0 Å². The number of halogens is 2. The topological polar surface area (TPSA) is 47.3 Å². The van der Waals surface area contributed by atoms with Gasteiger partial charge in [-0.15, -0.1) is 0 Å². The Morgan fingerprint density at radius 1 is 1.60 bits per heavy atom. The molecule has 1 aromatic rings. The Morgan fingerprint density at radius 3 is 2.87 bits per heavy atom. The first kappa shape index (κ1) is 12.6. The number of rotatable bonds is 5. The van der Waals surface area contributed by atoms with Crippen LogP contribution in [0.25, 0.3) is 0 Å². The lowest BCUT2D eigenvalue weighted by Gasteiger charge is -2.14. The van der Waals surface area contributed by atoms with Crippen LogP contribution in [0.5, 0.6) is 0 Å². The molecule has 0 saturated carbocycles. The molecule has 0 heterocycles. The number of hydrazine groups is 1. The summed E-state index contributed by atoms with van der Waals surface area (Å²) in [6.45, 7) is 0.519. The molecule has 0 spiro atoms. The van der Waals surface area contributed by atoms with Gasteiger partial charge in [-0.1, -0.05) is 6.07 Å². The van der Waals surface area contributed by atoms with Crippen molar-refractivity contribution in [2.24, 2.45) is 5.84 Å². The van der Waals surface area contributed by atoms with E-state index in [-0.39, 0.29) is 11.9 Å². The van der Waals surface area contributed by atoms with Crippen LogP contribution in [0.4, 0.5) is 4.39 Å². The first-order valence-corrected chi connectivity index (χ1v) is 5.35. The van der Waals surface area contributed by atoms with Crippen LogP contribution >= 0.6 is 15.9 Å². The second kappa shape index (κ2) is 6.17. The minimum Gasteiger partial charge on any atom is -0.383 e. The van der Waals surface area contributed by atoms with Crippen LogP contribution in [0.1, 0.15) is 5.56 Å². The molecular weight excluding hydrogens is 263 g/mol. The summed E-state index contributed by atoms with van der Waals surface area (Å²) >= 11 is 3.14. The number of nitrogens with one attached hydrogen (secondary N) is 1. The average molecular weight is 277 g/mol. The van der Waals surface area contributed by atoms with Gasteiger partial charge in [0.1, 0.15) is 5.82 Å². The maximum atomic E-state index is 13.0. The molecule has 0 aliphatic heterocycles. The van der Waals surface area contributed by atoms with Gasteiger partial charge in [0.05, 0.1) is 11.1 Å². The summed E-state index contributed by atoms with van der Waals surface area (Å²) < 4.78 is 18.4. The Bertz CT molecular complexity index is 322. The number of nitrogens with two attached hydrogens (primary N) is 1. The van der Waals surface area contributed by atoms with Gasteiger partial charge in [-0.05, 0) is 40.0 Å². The van der Waals surface area contributed by atoms with Crippen molar-refractivity contribution in [1.29, 1.82) is 0 Å². The molecule has 5 heteroatoms. The van der Waals surface area contributed by atoms with Gasteiger partial charge in [0.25, 0.3) is 0 Å². The molecule has 0 aliphatic rings. The molecule has 3 nitrogen and oxygen atoms in total. The maximum Gasteiger partial charge on any atom is 0.137 e. The fourth-order valence-electron chi connectivity index (χ4n) is 1.32. The van der Waals surface area contributed by atoms with Crippen molar-refractivity contribution < 1.29 is 9.13 Å². The van der Waals surface area contributed by atoms with Crippen molar-refractivity contribution in [2.75, 3.05) is 13.7 Å². The van der Waals surface area contributed by atoms with E-state index in [1.54, 1.807) is 19.2 Å². The lowest BCUT2D eigenvalue weighted by atomic mass is 10.1. The predicted octanol–water partition coefficient (Wildman–Crippen LogP) is 1.61. The monoisotopic (exact) mass is 276 g/mol. The first-order valence-electron chi connectivity index (χ1n) is 4.56. The molecule has 0 radical (unpaired) electrons. The second-order valence-electron chi connectivity index (χ2n) is 3.27. The molecule has 1 rings (SSSR count). The Hall–Kier alpha value is -0.490. The summed E-state index contributed by atoms with van der Waals surface area (Å²) in [7, 11) is 1.62. The van der Waals surface area contributed by atoms with Crippen LogP contribution < -0.4 is 11.3 Å². The second-order valence-corrected chi connectivity index (χ2v) is 4.13. The van der Waals surface area contributed by atoms with Gasteiger partial charge in [-0.2, -0.15) is 0 Å². The molecule has 0 aromatic heterocycles. The zero-order chi connectivity index (χ0) is 11.3. The van der Waals surface area contributed by atoms with E-state index in [1.807, 2.05) is 0 Å². The van der Waals surface area contributed by atoms with Gasteiger partial charge < -0.3 is 4.74 Å². The number of methoxy groups -OCH3 is 1. The van der Waals surface area contributed by atoms with Crippen LogP contribution in [-0.4, -0.2) is 19.8 Å². The van der Waals surface area contributed by atoms with Crippen LogP contribution in [0.2, 0.25) is 0 Å². The molecule has 3 N–H and O–H groups in total. The SMILES string of the molecule is COCC(Cc1ccc(F)c(Br)c1)NN. The van der Waals surface area contributed by atoms with E-state index in [0.29, 0.717) is 17.5 Å². The number of hydrogen-bond acceptors (Lipinski definition) is 3. The van der Waals surface area contributed by atoms with Gasteiger partial charge in [0.15, 0.2) is 0 Å². The molecule has 0 fully saturated rings. The Morgan fingerprint density at radius 2 is 2.33 bits per heavy atom. The predicted molar refractivity (Wildman–Crippen MR) is 60.8 cm³/mol. The minimum absolute atomic E-state index is 0.0346. The van der Waals surface area contributed by atoms with E-state index in [1.165, 1.54) is 6.07 Å². The van der Waals surface area contributed by atoms with Crippen molar-refractivity contribution >= 4 is 15.9 Å². The molecule has 0 aliphatic carbocycles. The summed E-state index contributed by atoms with van der Waals surface area (Å²) in [5.41, 5.74) is 3.65. The summed E-state index contributed by atoms with van der Waals surface area (Å²) in [6, 6.07) is 4.95. The smallest absolute Gasteiger partial charge is 0.137 e. The van der Waals surface area contributed by atoms with Crippen LogP contribution in [0, 0.1) is 5.82 Å². The standard InChI is InChI=1S/C10H14BrFN2O/c1-15-6-8(14-13)4-7-2-3-10(12)9(11)5-7/h2-3,5,8,14H,4,6,13H2,1H3. The number of ether oxygens (including phenoxy) is 1. The zero-order valence-corrected chi connectivity index (χ0v) is 10.1. The Kier molecular flexibility index (Phi) is 5.17. The van der Waals surface area contributed by atoms with E-state index < -0.39 is 0 Å². The van der Waals surface area contributed by atoms with Crippen LogP contribution in [0.15, 0.2) is 22.7 Å². The van der Waals surface area contributed by atoms with Gasteiger partial charge in [-0.25, -0.2) is 4.39 Å². The lowest BCUT2D eigenvalue weighted by Crippen LogP contribution is -2.40. The normalized spacial score (nSPS) is 12.8. The van der Waals surface area contributed by atoms with Crippen LogP contribution in [-0.2, 0) is 11.2 Å². The summed E-state index contributed by atoms with van der Waals surface area (Å²) in [6.07, 6.45) is 0.698. The fourth-order valence-corrected chi connectivity index (χ4v) is 1.74. The van der Waals surface area contributed by atoms with E-state index in [9.17, 15) is 4.39 Å². The minimum atomic E-state index is -0.261. The highest BCUT2D eigenvalue weighted by Crippen LogP contribution is 2.17. The molecule has 1 aromatic carbocycles. The number of benzene rings is 1. The quantitative estimate of drug-likeness (QED) is 0.635. The van der Waals surface area contributed by atoms with E-state index in [0.717, 1.165) is 5.56 Å². The van der Waals surface area contributed by atoms with Gasteiger partial charge in [0.2, 0.25) is 0 Å². The third-order valence-electron chi connectivity index (χ3n) is 2.07. The molecule has 0 amide bonds. The average Bonchev–Trinajstić information content (AvgIpc) is 2.23. The molecule has 1 unspecified atom stereocenters. The van der Waals surface area contributed by atoms with Crippen molar-refractivity contribution in [3.63, 3.8) is 0 Å². The van der Waals surface area contributed by atoms with Crippen LogP contribution in [0.3, 0.4) is 0 Å². The third-order valence-corrected chi connectivity index (χ3v) is 2.68. The third kappa shape index (κ3) is 3.87. The summed E-state index contributed by atoms with van der Waals surface area (Å²) in [5.74, 6) is 5.10. The highest BCUT2D eigenvalue weighted by molar-refractivity contribution is 9.10. The molecule has 84 valence electrons. The van der Waals surface area contributed by atoms with Gasteiger partial charge in [-0.3, -0.25) is 11.3 Å². The highest BCUT2D eigenvalue weighted by Gasteiger charge is 2.08. The van der Waals surface area contributed by atoms with Crippen molar-refractivity contribution in [3.8, 4) is 0 Å². The first-order chi connectivity index (χ1) is 7.17. The molecular formula is C10H14BrFN2O. The Labute approximate surface area is 96.9 Å². The number of hydrogen-bond donors (Lipinski definition) is 2. The molecule has 15 heavy (non-hydrogen) atoms. The summed E-state index contributed by atoms with van der Waals surface area (Å²) in [5, 5.41) is 0. The van der Waals surface area contributed by atoms with E-state index in [4.69, 9.17) is 10.6 Å². The van der Waals surface area contributed by atoms with E-state index in [2.05, 4.69) is 21.4 Å². The fraction of sp³-hybridized carbons (Fsp3) is 0.400. The lowest BCUT2D eigenvalue weighted by molar-refractivity contribution is 0.166. The van der Waals surface area contributed by atoms with Gasteiger partial charge in [0, 0.05) is 13.2 Å². The summed E-state index contributed by atoms with van der Waals surface area (Å²) in [4.78, 5) is 0. The largest absolute Gasteiger partial charge is 0.383 e. The highest BCUT2D eigenvalue weighted by atomic mass is 79.9. The van der Waals surface area contributed by atoms with Gasteiger partial charge >= 0.3 is 0 Å². The van der Waals surface area contributed by atoms with Crippen molar-refractivity contribution in [3.05, 3.63) is 34.1 Å². The molecule has 0 saturated heterocycles. The van der Waals surface area contributed by atoms with Crippen molar-refractivity contribution in [2.45, 2.75) is 12.5 Å². The maximum absolute atomic E-state index is 13.0. The Balaban J connectivity index is 2.66. The molecule has 0 bridgehead atoms. The van der Waals surface area contributed by atoms with Crippen molar-refractivity contribution in [1.82, 2.24) is 5.43 Å². The zero-order valence-electron chi connectivity index (χ0n) is 8.47.